The molecular weight excluding hydrogens is 491 g/mol. The van der Waals surface area contributed by atoms with E-state index in [-0.39, 0.29) is 36.6 Å². The number of halogens is 2. The minimum atomic E-state index is -0.506. The van der Waals surface area contributed by atoms with E-state index >= 15 is 0 Å². The van der Waals surface area contributed by atoms with Crippen LogP contribution < -0.4 is 21.1 Å². The van der Waals surface area contributed by atoms with Gasteiger partial charge in [0, 0.05) is 11.6 Å². The second-order valence-corrected chi connectivity index (χ2v) is 6.45. The van der Waals surface area contributed by atoms with Crippen LogP contribution in [0.15, 0.2) is 53.5 Å². The number of amides is 1. The van der Waals surface area contributed by atoms with E-state index in [1.165, 1.54) is 0 Å². The van der Waals surface area contributed by atoms with Crippen LogP contribution in [0.25, 0.3) is 0 Å². The van der Waals surface area contributed by atoms with Gasteiger partial charge in [0.2, 0.25) is 0 Å². The molecule has 0 saturated heterocycles. The van der Waals surface area contributed by atoms with Gasteiger partial charge < -0.3 is 21.1 Å². The zero-order chi connectivity index (χ0) is 19.6. The molecule has 1 amide bonds. The van der Waals surface area contributed by atoms with Crippen LogP contribution in [-0.2, 0) is 11.3 Å². The molecule has 2 aromatic carbocycles. The van der Waals surface area contributed by atoms with Crippen LogP contribution >= 0.6 is 35.6 Å². The number of guanidine groups is 1. The van der Waals surface area contributed by atoms with Crippen molar-refractivity contribution in [1.29, 1.82) is 0 Å². The zero-order valence-corrected chi connectivity index (χ0v) is 19.0. The summed E-state index contributed by atoms with van der Waals surface area (Å²) in [6, 6.07) is 15.2. The lowest BCUT2D eigenvalue weighted by Gasteiger charge is -2.18. The highest BCUT2D eigenvalue weighted by atomic mass is 127. The summed E-state index contributed by atoms with van der Waals surface area (Å²) in [5.41, 5.74) is 7.19. The lowest BCUT2D eigenvalue weighted by Crippen LogP contribution is -2.38. The molecule has 0 saturated carbocycles. The van der Waals surface area contributed by atoms with Crippen molar-refractivity contribution in [3.8, 4) is 5.75 Å². The van der Waals surface area contributed by atoms with Crippen molar-refractivity contribution in [3.05, 3.63) is 64.7 Å². The number of carbonyl (C=O) groups is 1. The first-order valence-electron chi connectivity index (χ1n) is 8.78. The molecule has 0 aliphatic rings. The van der Waals surface area contributed by atoms with Crippen LogP contribution in [0.1, 0.15) is 31.0 Å². The highest BCUT2D eigenvalue weighted by Gasteiger charge is 2.08. The summed E-state index contributed by atoms with van der Waals surface area (Å²) in [4.78, 5) is 15.5. The first-order valence-corrected chi connectivity index (χ1v) is 9.16. The third-order valence-corrected chi connectivity index (χ3v) is 4.02. The number of nitrogens with one attached hydrogen (secondary N) is 2. The lowest BCUT2D eigenvalue weighted by atomic mass is 10.1. The monoisotopic (exact) mass is 516 g/mol. The maximum absolute atomic E-state index is 10.8. The largest absolute Gasteiger partial charge is 0.484 e. The maximum atomic E-state index is 10.8. The molecular formula is C20H26ClIN4O2. The van der Waals surface area contributed by atoms with Gasteiger partial charge in [0.1, 0.15) is 5.75 Å². The van der Waals surface area contributed by atoms with Gasteiger partial charge in [-0.05, 0) is 49.2 Å². The third-order valence-electron chi connectivity index (χ3n) is 3.77. The van der Waals surface area contributed by atoms with E-state index in [0.29, 0.717) is 23.3 Å². The number of hydrogen-bond donors (Lipinski definition) is 3. The van der Waals surface area contributed by atoms with Gasteiger partial charge in [-0.25, -0.2) is 4.99 Å². The molecule has 0 aromatic heterocycles. The Morgan fingerprint density at radius 3 is 2.61 bits per heavy atom. The van der Waals surface area contributed by atoms with Crippen molar-refractivity contribution in [2.75, 3.05) is 13.2 Å². The Balaban J connectivity index is 0.00000392. The highest BCUT2D eigenvalue weighted by molar-refractivity contribution is 14.0. The van der Waals surface area contributed by atoms with Crippen LogP contribution in [-0.4, -0.2) is 25.0 Å². The predicted molar refractivity (Wildman–Crippen MR) is 124 cm³/mol. The Morgan fingerprint density at radius 2 is 1.96 bits per heavy atom. The first-order chi connectivity index (χ1) is 13.0. The van der Waals surface area contributed by atoms with Gasteiger partial charge in [-0.2, -0.15) is 0 Å². The minimum Gasteiger partial charge on any atom is -0.484 e. The van der Waals surface area contributed by atoms with Crippen LogP contribution in [0.4, 0.5) is 0 Å². The van der Waals surface area contributed by atoms with Crippen molar-refractivity contribution in [3.63, 3.8) is 0 Å². The summed E-state index contributed by atoms with van der Waals surface area (Å²) in [6.07, 6.45) is 0. The summed E-state index contributed by atoms with van der Waals surface area (Å²) < 4.78 is 5.33. The molecule has 1 atom stereocenters. The molecule has 28 heavy (non-hydrogen) atoms. The van der Waals surface area contributed by atoms with Gasteiger partial charge in [-0.1, -0.05) is 35.9 Å². The van der Waals surface area contributed by atoms with Gasteiger partial charge in [-0.15, -0.1) is 24.0 Å². The fraction of sp³-hybridized carbons (Fsp3) is 0.300. The molecule has 0 aliphatic carbocycles. The van der Waals surface area contributed by atoms with Crippen LogP contribution in [0, 0.1) is 0 Å². The predicted octanol–water partition coefficient (Wildman–Crippen LogP) is 3.64. The average Bonchev–Trinajstić information content (AvgIpc) is 2.65. The van der Waals surface area contributed by atoms with Crippen LogP contribution in [0.3, 0.4) is 0 Å². The van der Waals surface area contributed by atoms with Crippen molar-refractivity contribution in [2.45, 2.75) is 26.4 Å². The Kier molecular flexibility index (Phi) is 10.7. The van der Waals surface area contributed by atoms with Crippen molar-refractivity contribution >= 4 is 47.4 Å². The lowest BCUT2D eigenvalue weighted by molar-refractivity contribution is -0.119. The fourth-order valence-corrected chi connectivity index (χ4v) is 2.54. The molecule has 6 nitrogen and oxygen atoms in total. The SMILES string of the molecule is CCNC(=NCc1cccc(OCC(N)=O)c1)NC(C)c1ccc(Cl)cc1.I. The number of rotatable bonds is 8. The Morgan fingerprint density at radius 1 is 1.25 bits per heavy atom. The topological polar surface area (TPSA) is 88.7 Å². The summed E-state index contributed by atoms with van der Waals surface area (Å²) >= 11 is 5.95. The van der Waals surface area contributed by atoms with Crippen molar-refractivity contribution in [1.82, 2.24) is 10.6 Å². The van der Waals surface area contributed by atoms with Gasteiger partial charge >= 0.3 is 0 Å². The average molecular weight is 517 g/mol. The van der Waals surface area contributed by atoms with E-state index in [1.807, 2.05) is 49.4 Å². The van der Waals surface area contributed by atoms with E-state index in [4.69, 9.17) is 22.1 Å². The number of aliphatic imine (C=N–C) groups is 1. The molecule has 0 bridgehead atoms. The maximum Gasteiger partial charge on any atom is 0.255 e. The van der Waals surface area contributed by atoms with Gasteiger partial charge in [0.25, 0.3) is 5.91 Å². The molecule has 0 spiro atoms. The molecule has 0 fully saturated rings. The minimum absolute atomic E-state index is 0. The number of benzene rings is 2. The summed E-state index contributed by atoms with van der Waals surface area (Å²) in [7, 11) is 0. The number of ether oxygens (including phenoxy) is 1. The van der Waals surface area contributed by atoms with E-state index in [0.717, 1.165) is 17.7 Å². The third kappa shape index (κ3) is 8.35. The number of nitrogens with zero attached hydrogens (tertiary/aromatic N) is 1. The van der Waals surface area contributed by atoms with Crippen LogP contribution in [0.5, 0.6) is 5.75 Å². The second kappa shape index (κ2) is 12.5. The Hall–Kier alpha value is -2.00. The number of primary amides is 1. The molecule has 0 aliphatic heterocycles. The van der Waals surface area contributed by atoms with E-state index < -0.39 is 5.91 Å². The normalized spacial score (nSPS) is 11.9. The molecule has 4 N–H and O–H groups in total. The summed E-state index contributed by atoms with van der Waals surface area (Å²) in [5.74, 6) is 0.797. The highest BCUT2D eigenvalue weighted by Crippen LogP contribution is 2.16. The zero-order valence-electron chi connectivity index (χ0n) is 15.9. The molecule has 2 aromatic rings. The molecule has 152 valence electrons. The second-order valence-electron chi connectivity index (χ2n) is 6.02. The first kappa shape index (κ1) is 24.0. The quantitative estimate of drug-likeness (QED) is 0.284. The Labute approximate surface area is 187 Å². The summed E-state index contributed by atoms with van der Waals surface area (Å²) in [5, 5.41) is 7.33. The van der Waals surface area contributed by atoms with Crippen LogP contribution in [0.2, 0.25) is 5.02 Å². The van der Waals surface area contributed by atoms with E-state index in [2.05, 4.69) is 22.5 Å². The number of carbonyl (C=O) groups excluding carboxylic acids is 1. The summed E-state index contributed by atoms with van der Waals surface area (Å²) in [6.45, 7) is 5.16. The van der Waals surface area contributed by atoms with Crippen molar-refractivity contribution in [2.24, 2.45) is 10.7 Å². The standard InChI is InChI=1S/C20H25ClN4O2.HI/c1-3-23-20(25-14(2)16-7-9-17(21)10-8-16)24-12-15-5-4-6-18(11-15)27-13-19(22)26;/h4-11,14H,3,12-13H2,1-2H3,(H2,22,26)(H2,23,24,25);1H. The van der Waals surface area contributed by atoms with Gasteiger partial charge in [0.15, 0.2) is 12.6 Å². The number of hydrogen-bond acceptors (Lipinski definition) is 3. The molecule has 1 unspecified atom stereocenters. The van der Waals surface area contributed by atoms with Gasteiger partial charge in [0.05, 0.1) is 12.6 Å². The fourth-order valence-electron chi connectivity index (χ4n) is 2.42. The molecule has 0 radical (unpaired) electrons. The smallest absolute Gasteiger partial charge is 0.255 e. The van der Waals surface area contributed by atoms with Gasteiger partial charge in [-0.3, -0.25) is 4.79 Å². The Bertz CT molecular complexity index is 784. The van der Waals surface area contributed by atoms with E-state index in [9.17, 15) is 4.79 Å². The van der Waals surface area contributed by atoms with E-state index in [1.54, 1.807) is 6.07 Å². The molecule has 2 rings (SSSR count). The number of nitrogens with two attached hydrogens (primary N) is 1. The molecule has 0 heterocycles. The molecule has 8 heteroatoms. The van der Waals surface area contributed by atoms with Crippen molar-refractivity contribution < 1.29 is 9.53 Å².